The van der Waals surface area contributed by atoms with Gasteiger partial charge in [-0.05, 0) is 36.4 Å². The lowest BCUT2D eigenvalue weighted by molar-refractivity contribution is -0.117. The highest BCUT2D eigenvalue weighted by Gasteiger charge is 2.08. The van der Waals surface area contributed by atoms with Gasteiger partial charge in [0.15, 0.2) is 11.5 Å². The first kappa shape index (κ1) is 17.3. The Morgan fingerprint density at radius 1 is 1.12 bits per heavy atom. The van der Waals surface area contributed by atoms with E-state index in [9.17, 15) is 4.79 Å². The van der Waals surface area contributed by atoms with Gasteiger partial charge in [0.05, 0.1) is 31.8 Å². The zero-order valence-corrected chi connectivity index (χ0v) is 13.5. The van der Waals surface area contributed by atoms with E-state index >= 15 is 0 Å². The first-order chi connectivity index (χ1) is 11.7. The van der Waals surface area contributed by atoms with Gasteiger partial charge in [-0.2, -0.15) is 5.26 Å². The van der Waals surface area contributed by atoms with Crippen LogP contribution < -0.4 is 14.8 Å². The maximum Gasteiger partial charge on any atom is 0.226 e. The summed E-state index contributed by atoms with van der Waals surface area (Å²) >= 11 is 0. The number of nitrogens with one attached hydrogen (secondary N) is 1. The molecule has 0 fully saturated rings. The van der Waals surface area contributed by atoms with Gasteiger partial charge in [-0.1, -0.05) is 0 Å². The number of carbonyl (C=O) groups is 1. The summed E-state index contributed by atoms with van der Waals surface area (Å²) in [5.41, 5.74) is 1.17. The van der Waals surface area contributed by atoms with Crippen molar-refractivity contribution < 1.29 is 19.0 Å². The van der Waals surface area contributed by atoms with Crippen molar-refractivity contribution in [3.8, 4) is 23.3 Å². The van der Waals surface area contributed by atoms with Crippen molar-refractivity contribution in [3.63, 3.8) is 0 Å². The fraction of sp³-hybridized carbons (Fsp3) is 0.222. The van der Waals surface area contributed by atoms with Crippen LogP contribution in [0.25, 0.3) is 0 Å². The Labute approximate surface area is 140 Å². The average Bonchev–Trinajstić information content (AvgIpc) is 2.62. The SMILES string of the molecule is COCCC(=O)Nc1ccc(Oc2ccc(C#N)cc2OC)cc1. The zero-order valence-electron chi connectivity index (χ0n) is 13.5. The van der Waals surface area contributed by atoms with Gasteiger partial charge in [0.25, 0.3) is 0 Å². The van der Waals surface area contributed by atoms with Crippen molar-refractivity contribution in [3.05, 3.63) is 48.0 Å². The first-order valence-corrected chi connectivity index (χ1v) is 7.31. The molecule has 0 spiro atoms. The molecule has 1 N–H and O–H groups in total. The second kappa shape index (κ2) is 8.56. The van der Waals surface area contributed by atoms with Gasteiger partial charge in [-0.3, -0.25) is 4.79 Å². The molecule has 2 aromatic carbocycles. The molecule has 0 saturated carbocycles. The van der Waals surface area contributed by atoms with Gasteiger partial charge >= 0.3 is 0 Å². The highest BCUT2D eigenvalue weighted by molar-refractivity contribution is 5.90. The molecule has 6 nitrogen and oxygen atoms in total. The largest absolute Gasteiger partial charge is 0.493 e. The quantitative estimate of drug-likeness (QED) is 0.844. The van der Waals surface area contributed by atoms with Crippen LogP contribution in [0.4, 0.5) is 5.69 Å². The van der Waals surface area contributed by atoms with E-state index in [1.807, 2.05) is 6.07 Å². The average molecular weight is 326 g/mol. The van der Waals surface area contributed by atoms with E-state index in [4.69, 9.17) is 19.5 Å². The summed E-state index contributed by atoms with van der Waals surface area (Å²) in [5, 5.41) is 11.7. The number of carbonyl (C=O) groups excluding carboxylic acids is 1. The van der Waals surface area contributed by atoms with Crippen LogP contribution in [-0.2, 0) is 9.53 Å². The van der Waals surface area contributed by atoms with Gasteiger partial charge in [0.2, 0.25) is 5.91 Å². The number of nitriles is 1. The predicted octanol–water partition coefficient (Wildman–Crippen LogP) is 3.33. The normalized spacial score (nSPS) is 9.88. The van der Waals surface area contributed by atoms with Crippen molar-refractivity contribution in [2.45, 2.75) is 6.42 Å². The Morgan fingerprint density at radius 2 is 1.88 bits per heavy atom. The second-order valence-corrected chi connectivity index (χ2v) is 4.89. The van der Waals surface area contributed by atoms with E-state index in [-0.39, 0.29) is 5.91 Å². The third-order valence-electron chi connectivity index (χ3n) is 3.19. The molecule has 0 saturated heterocycles. The Balaban J connectivity index is 2.04. The molecule has 0 bridgehead atoms. The van der Waals surface area contributed by atoms with Crippen molar-refractivity contribution in [2.24, 2.45) is 0 Å². The van der Waals surface area contributed by atoms with Crippen LogP contribution in [0, 0.1) is 11.3 Å². The fourth-order valence-electron chi connectivity index (χ4n) is 1.97. The van der Waals surface area contributed by atoms with Crippen LogP contribution in [-0.4, -0.2) is 26.7 Å². The van der Waals surface area contributed by atoms with E-state index in [1.54, 1.807) is 49.6 Å². The number of hydrogen-bond acceptors (Lipinski definition) is 5. The molecular weight excluding hydrogens is 308 g/mol. The fourth-order valence-corrected chi connectivity index (χ4v) is 1.97. The lowest BCUT2D eigenvalue weighted by Crippen LogP contribution is -2.13. The highest BCUT2D eigenvalue weighted by atomic mass is 16.5. The predicted molar refractivity (Wildman–Crippen MR) is 89.3 cm³/mol. The van der Waals surface area contributed by atoms with Crippen LogP contribution >= 0.6 is 0 Å². The lowest BCUT2D eigenvalue weighted by Gasteiger charge is -2.11. The van der Waals surface area contributed by atoms with Gasteiger partial charge in [-0.25, -0.2) is 0 Å². The van der Waals surface area contributed by atoms with Crippen LogP contribution in [0.1, 0.15) is 12.0 Å². The summed E-state index contributed by atoms with van der Waals surface area (Å²) in [6.45, 7) is 0.380. The second-order valence-electron chi connectivity index (χ2n) is 4.89. The molecule has 6 heteroatoms. The summed E-state index contributed by atoms with van der Waals surface area (Å²) in [6, 6.07) is 14.0. The Kier molecular flexibility index (Phi) is 6.17. The Bertz CT molecular complexity index is 736. The summed E-state index contributed by atoms with van der Waals surface area (Å²) in [4.78, 5) is 11.6. The third-order valence-corrected chi connectivity index (χ3v) is 3.19. The molecular formula is C18H18N2O4. The molecule has 2 rings (SSSR count). The van der Waals surface area contributed by atoms with E-state index in [0.29, 0.717) is 41.5 Å². The molecule has 0 atom stereocenters. The van der Waals surface area contributed by atoms with Gasteiger partial charge in [0, 0.05) is 18.9 Å². The van der Waals surface area contributed by atoms with Gasteiger partial charge in [-0.15, -0.1) is 0 Å². The molecule has 0 unspecified atom stereocenters. The van der Waals surface area contributed by atoms with Gasteiger partial charge < -0.3 is 19.5 Å². The minimum Gasteiger partial charge on any atom is -0.493 e. The molecule has 0 heterocycles. The molecule has 124 valence electrons. The first-order valence-electron chi connectivity index (χ1n) is 7.31. The summed E-state index contributed by atoms with van der Waals surface area (Å²) in [7, 11) is 3.07. The van der Waals surface area contributed by atoms with Gasteiger partial charge in [0.1, 0.15) is 5.75 Å². The maximum atomic E-state index is 11.6. The monoisotopic (exact) mass is 326 g/mol. The van der Waals surface area contributed by atoms with Crippen LogP contribution in [0.5, 0.6) is 17.2 Å². The van der Waals surface area contributed by atoms with Crippen LogP contribution in [0.3, 0.4) is 0 Å². The standard InChI is InChI=1S/C18H18N2O4/c1-22-10-9-18(21)20-14-4-6-15(7-5-14)24-16-8-3-13(12-19)11-17(16)23-2/h3-8,11H,9-10H2,1-2H3,(H,20,21). The lowest BCUT2D eigenvalue weighted by atomic mass is 10.2. The van der Waals surface area contributed by atoms with E-state index < -0.39 is 0 Å². The number of anilines is 1. The molecule has 0 aliphatic rings. The third kappa shape index (κ3) is 4.73. The number of ether oxygens (including phenoxy) is 3. The summed E-state index contributed by atoms with van der Waals surface area (Å²) < 4.78 is 15.8. The van der Waals surface area contributed by atoms with Crippen molar-refractivity contribution in [1.82, 2.24) is 0 Å². The number of nitrogens with zero attached hydrogens (tertiary/aromatic N) is 1. The minimum atomic E-state index is -0.112. The minimum absolute atomic E-state index is 0.112. The number of hydrogen-bond donors (Lipinski definition) is 1. The van der Waals surface area contributed by atoms with Crippen molar-refractivity contribution in [1.29, 1.82) is 5.26 Å². The summed E-state index contributed by atoms with van der Waals surface area (Å²) in [5.74, 6) is 1.46. The van der Waals surface area contributed by atoms with Crippen LogP contribution in [0.2, 0.25) is 0 Å². The maximum absolute atomic E-state index is 11.6. The molecule has 1 amide bonds. The number of benzene rings is 2. The number of methoxy groups -OCH3 is 2. The number of amides is 1. The Hall–Kier alpha value is -3.04. The zero-order chi connectivity index (χ0) is 17.4. The molecule has 24 heavy (non-hydrogen) atoms. The van der Waals surface area contributed by atoms with Crippen molar-refractivity contribution in [2.75, 3.05) is 26.1 Å². The molecule has 0 radical (unpaired) electrons. The van der Waals surface area contributed by atoms with Crippen molar-refractivity contribution >= 4 is 11.6 Å². The molecule has 2 aromatic rings. The molecule has 0 aliphatic carbocycles. The molecule has 0 aliphatic heterocycles. The molecule has 0 aromatic heterocycles. The summed E-state index contributed by atoms with van der Waals surface area (Å²) in [6.07, 6.45) is 0.303. The van der Waals surface area contributed by atoms with E-state index in [2.05, 4.69) is 5.32 Å². The smallest absolute Gasteiger partial charge is 0.226 e. The van der Waals surface area contributed by atoms with E-state index in [1.165, 1.54) is 7.11 Å². The topological polar surface area (TPSA) is 80.6 Å². The number of rotatable bonds is 7. The Morgan fingerprint density at radius 3 is 2.50 bits per heavy atom. The van der Waals surface area contributed by atoms with E-state index in [0.717, 1.165) is 0 Å². The highest BCUT2D eigenvalue weighted by Crippen LogP contribution is 2.32. The van der Waals surface area contributed by atoms with Crippen LogP contribution in [0.15, 0.2) is 42.5 Å².